The number of aryl methyl sites for hydroxylation is 1. The Kier molecular flexibility index (Phi) is 4.80. The van der Waals surface area contributed by atoms with Crippen molar-refractivity contribution in [3.05, 3.63) is 76.2 Å². The Morgan fingerprint density at radius 3 is 2.82 bits per heavy atom. The van der Waals surface area contributed by atoms with Crippen LogP contribution in [0.25, 0.3) is 17.2 Å². The van der Waals surface area contributed by atoms with Crippen molar-refractivity contribution < 1.29 is 4.74 Å². The average Bonchev–Trinajstić information content (AvgIpc) is 3.12. The molecule has 0 saturated carbocycles. The molecule has 0 bridgehead atoms. The van der Waals surface area contributed by atoms with Gasteiger partial charge in [0.2, 0.25) is 5.78 Å². The van der Waals surface area contributed by atoms with Gasteiger partial charge in [0.25, 0.3) is 5.56 Å². The number of aromatic amines is 1. The van der Waals surface area contributed by atoms with Gasteiger partial charge >= 0.3 is 0 Å². The van der Waals surface area contributed by atoms with Gasteiger partial charge < -0.3 is 15.0 Å². The second-order valence-electron chi connectivity index (χ2n) is 6.46. The number of fused-ring (bicyclic) bond motifs is 1. The molecular weight excluding hydrogens is 354 g/mol. The third-order valence-electron chi connectivity index (χ3n) is 4.32. The lowest BCUT2D eigenvalue weighted by Crippen LogP contribution is -2.17. The van der Waals surface area contributed by atoms with Crippen LogP contribution in [-0.2, 0) is 6.54 Å². The highest BCUT2D eigenvalue weighted by molar-refractivity contribution is 5.58. The maximum absolute atomic E-state index is 12.5. The van der Waals surface area contributed by atoms with Crippen LogP contribution in [0.15, 0.2) is 59.4 Å². The minimum Gasteiger partial charge on any atom is -0.492 e. The highest BCUT2D eigenvalue weighted by Crippen LogP contribution is 2.24. The van der Waals surface area contributed by atoms with E-state index < -0.39 is 0 Å². The summed E-state index contributed by atoms with van der Waals surface area (Å²) in [5.74, 6) is 1.71. The van der Waals surface area contributed by atoms with E-state index in [0.29, 0.717) is 30.4 Å². The number of ether oxygens (including phenoxy) is 1. The fraction of sp³-hybridized carbons (Fsp3) is 0.190. The van der Waals surface area contributed by atoms with Crippen LogP contribution in [0.3, 0.4) is 0 Å². The number of aromatic nitrogens is 4. The third-order valence-corrected chi connectivity index (χ3v) is 4.32. The predicted molar refractivity (Wildman–Crippen MR) is 109 cm³/mol. The molecule has 2 N–H and O–H groups in total. The Bertz CT molecular complexity index is 1180. The molecule has 2 aromatic carbocycles. The van der Waals surface area contributed by atoms with Gasteiger partial charge in [-0.2, -0.15) is 9.50 Å². The number of rotatable bonds is 6. The molecule has 2 heterocycles. The van der Waals surface area contributed by atoms with E-state index in [1.807, 2.05) is 62.4 Å². The number of hydrogen-bond acceptors (Lipinski definition) is 5. The molecule has 0 aliphatic heterocycles. The predicted octanol–water partition coefficient (Wildman–Crippen LogP) is 3.40. The minimum atomic E-state index is -0.227. The molecule has 7 heteroatoms. The van der Waals surface area contributed by atoms with E-state index in [4.69, 9.17) is 4.74 Å². The van der Waals surface area contributed by atoms with Crippen LogP contribution in [0.2, 0.25) is 0 Å². The van der Waals surface area contributed by atoms with Gasteiger partial charge in [-0.25, -0.2) is 0 Å². The van der Waals surface area contributed by atoms with Crippen LogP contribution in [0.5, 0.6) is 5.75 Å². The summed E-state index contributed by atoms with van der Waals surface area (Å²) in [6, 6.07) is 17.1. The lowest BCUT2D eigenvalue weighted by atomic mass is 10.1. The molecule has 0 saturated heterocycles. The van der Waals surface area contributed by atoms with Gasteiger partial charge in [-0.05, 0) is 32.0 Å². The van der Waals surface area contributed by atoms with E-state index in [0.717, 1.165) is 22.6 Å². The number of nitrogens with one attached hydrogen (secondary N) is 2. The van der Waals surface area contributed by atoms with Crippen LogP contribution in [-0.4, -0.2) is 26.2 Å². The Hall–Kier alpha value is -3.61. The largest absolute Gasteiger partial charge is 0.492 e. The molecule has 28 heavy (non-hydrogen) atoms. The summed E-state index contributed by atoms with van der Waals surface area (Å²) in [6.45, 7) is 4.97. The minimum absolute atomic E-state index is 0.227. The summed E-state index contributed by atoms with van der Waals surface area (Å²) in [5, 5.41) is 7.64. The molecule has 0 spiro atoms. The van der Waals surface area contributed by atoms with Crippen molar-refractivity contribution in [1.82, 2.24) is 19.6 Å². The zero-order valence-corrected chi connectivity index (χ0v) is 15.8. The molecule has 0 atom stereocenters. The number of nitrogens with zero attached hydrogens (tertiary/aromatic N) is 3. The molecule has 2 aromatic heterocycles. The molecule has 0 unspecified atom stereocenters. The Morgan fingerprint density at radius 2 is 2.00 bits per heavy atom. The number of benzene rings is 2. The summed E-state index contributed by atoms with van der Waals surface area (Å²) in [4.78, 5) is 20.2. The fourth-order valence-electron chi connectivity index (χ4n) is 3.02. The monoisotopic (exact) mass is 375 g/mol. The van der Waals surface area contributed by atoms with E-state index >= 15 is 0 Å². The fourth-order valence-corrected chi connectivity index (χ4v) is 3.02. The Balaban J connectivity index is 1.62. The van der Waals surface area contributed by atoms with E-state index in [2.05, 4.69) is 20.4 Å². The number of H-pyrrole nitrogens is 1. The first-order chi connectivity index (χ1) is 13.6. The Labute approximate surface area is 162 Å². The van der Waals surface area contributed by atoms with E-state index in [1.165, 1.54) is 10.6 Å². The zero-order chi connectivity index (χ0) is 19.5. The van der Waals surface area contributed by atoms with Gasteiger partial charge in [0.05, 0.1) is 18.8 Å². The molecule has 142 valence electrons. The topological polar surface area (TPSA) is 84.3 Å². The smallest absolute Gasteiger partial charge is 0.275 e. The summed E-state index contributed by atoms with van der Waals surface area (Å²) in [7, 11) is 0. The lowest BCUT2D eigenvalue weighted by Gasteiger charge is -2.12. The third kappa shape index (κ3) is 3.59. The first kappa shape index (κ1) is 17.8. The summed E-state index contributed by atoms with van der Waals surface area (Å²) >= 11 is 0. The zero-order valence-electron chi connectivity index (χ0n) is 15.8. The van der Waals surface area contributed by atoms with Gasteiger partial charge in [0, 0.05) is 17.3 Å². The molecular formula is C21H21N5O2. The van der Waals surface area contributed by atoms with Crippen LogP contribution in [0.1, 0.15) is 18.2 Å². The van der Waals surface area contributed by atoms with Crippen LogP contribution in [0.4, 0.5) is 5.69 Å². The van der Waals surface area contributed by atoms with Gasteiger partial charge in [-0.3, -0.25) is 4.79 Å². The van der Waals surface area contributed by atoms with Crippen molar-refractivity contribution in [3.63, 3.8) is 0 Å². The maximum Gasteiger partial charge on any atom is 0.275 e. The standard InChI is InChI=1S/C21H21N5O2/c1-3-28-18-10-5-4-9-17(18)22-13-16-12-19(27)26-21(23-16)24-20(25-26)15-8-6-7-14(2)11-15/h4-12,22H,3,13H2,1-2H3,(H,23,24,25). The number of hydrogen-bond donors (Lipinski definition) is 2. The van der Waals surface area contributed by atoms with Gasteiger partial charge in [0.1, 0.15) is 5.75 Å². The van der Waals surface area contributed by atoms with Crippen molar-refractivity contribution in [3.8, 4) is 17.1 Å². The molecule has 7 nitrogen and oxygen atoms in total. The van der Waals surface area contributed by atoms with E-state index in [9.17, 15) is 4.79 Å². The van der Waals surface area contributed by atoms with Gasteiger partial charge in [-0.1, -0.05) is 35.9 Å². The van der Waals surface area contributed by atoms with Crippen molar-refractivity contribution in [2.24, 2.45) is 0 Å². The highest BCUT2D eigenvalue weighted by Gasteiger charge is 2.11. The van der Waals surface area contributed by atoms with E-state index in [-0.39, 0.29) is 5.56 Å². The van der Waals surface area contributed by atoms with E-state index in [1.54, 1.807) is 0 Å². The average molecular weight is 375 g/mol. The second-order valence-corrected chi connectivity index (χ2v) is 6.46. The molecule has 4 rings (SSSR count). The SMILES string of the molecule is CCOc1ccccc1NCc1cc(=O)n2nc(-c3cccc(C)c3)nc2[nH]1. The number of anilines is 1. The molecule has 0 aliphatic carbocycles. The normalized spacial score (nSPS) is 10.9. The quantitative estimate of drug-likeness (QED) is 0.540. The van der Waals surface area contributed by atoms with Gasteiger partial charge in [-0.15, -0.1) is 5.10 Å². The highest BCUT2D eigenvalue weighted by atomic mass is 16.5. The second kappa shape index (κ2) is 7.56. The van der Waals surface area contributed by atoms with Gasteiger partial charge in [0.15, 0.2) is 5.82 Å². The molecule has 0 aliphatic rings. The summed E-state index contributed by atoms with van der Waals surface area (Å²) < 4.78 is 6.91. The summed E-state index contributed by atoms with van der Waals surface area (Å²) in [6.07, 6.45) is 0. The first-order valence-corrected chi connectivity index (χ1v) is 9.16. The molecule has 0 fully saturated rings. The Morgan fingerprint density at radius 1 is 1.14 bits per heavy atom. The number of para-hydroxylation sites is 2. The van der Waals surface area contributed by atoms with Crippen molar-refractivity contribution in [1.29, 1.82) is 0 Å². The van der Waals surface area contributed by atoms with Crippen LogP contribution < -0.4 is 15.6 Å². The summed E-state index contributed by atoms with van der Waals surface area (Å²) in [5.41, 5.74) is 3.34. The molecule has 4 aromatic rings. The molecule has 0 amide bonds. The van der Waals surface area contributed by atoms with Crippen molar-refractivity contribution in [2.45, 2.75) is 20.4 Å². The molecule has 0 radical (unpaired) electrons. The first-order valence-electron chi connectivity index (χ1n) is 9.16. The van der Waals surface area contributed by atoms with Crippen molar-refractivity contribution in [2.75, 3.05) is 11.9 Å². The van der Waals surface area contributed by atoms with Crippen molar-refractivity contribution >= 4 is 11.5 Å². The van der Waals surface area contributed by atoms with Crippen LogP contribution >= 0.6 is 0 Å². The van der Waals surface area contributed by atoms with Crippen LogP contribution in [0, 0.1) is 6.92 Å². The maximum atomic E-state index is 12.5. The lowest BCUT2D eigenvalue weighted by molar-refractivity contribution is 0.341.